The van der Waals surface area contributed by atoms with Gasteiger partial charge in [0.05, 0.1) is 6.61 Å². The molecular formula is C3H8LiO5P. The third-order valence-corrected chi connectivity index (χ3v) is 1.11. The Kier molecular flexibility index (Phi) is 6.36. The zero-order chi connectivity index (χ0) is 7.49. The molecule has 0 aromatic heterocycles. The van der Waals surface area contributed by atoms with Gasteiger partial charge >= 0.3 is 32.2 Å². The summed E-state index contributed by atoms with van der Waals surface area (Å²) in [6.45, 7) is 1.44. The molecule has 0 aliphatic rings. The van der Waals surface area contributed by atoms with Crippen LogP contribution in [0, 0.1) is 0 Å². The van der Waals surface area contributed by atoms with Gasteiger partial charge in [0, 0.05) is 0 Å². The molecule has 0 saturated carbocycles. The molecule has 0 aromatic rings. The molecule has 0 atom stereocenters. The van der Waals surface area contributed by atoms with E-state index in [1.54, 1.807) is 0 Å². The maximum absolute atomic E-state index is 10.1. The van der Waals surface area contributed by atoms with E-state index < -0.39 is 13.3 Å². The second kappa shape index (κ2) is 4.95. The molecule has 0 fully saturated rings. The molecule has 10 heavy (non-hydrogen) atoms. The van der Waals surface area contributed by atoms with E-state index in [1.807, 2.05) is 0 Å². The summed E-state index contributed by atoms with van der Waals surface area (Å²) >= 11 is 0. The van der Waals surface area contributed by atoms with Crippen LogP contribution in [0.5, 0.6) is 0 Å². The number of carbonyl (C=O) groups excluding carboxylic acids is 1. The van der Waals surface area contributed by atoms with Crippen LogP contribution in [0.4, 0.5) is 4.79 Å². The summed E-state index contributed by atoms with van der Waals surface area (Å²) in [5.41, 5.74) is -1.47. The first-order valence-electron chi connectivity index (χ1n) is 2.21. The number of ether oxygens (including phenoxy) is 1. The second-order valence-electron chi connectivity index (χ2n) is 1.24. The van der Waals surface area contributed by atoms with E-state index in [9.17, 15) is 9.36 Å². The van der Waals surface area contributed by atoms with Crippen LogP contribution in [0.15, 0.2) is 0 Å². The van der Waals surface area contributed by atoms with E-state index in [0.717, 1.165) is 0 Å². The minimum absolute atomic E-state index is 0. The molecule has 0 radical (unpaired) electrons. The first kappa shape index (κ1) is 12.9. The Morgan fingerprint density at radius 3 is 2.10 bits per heavy atom. The first-order chi connectivity index (χ1) is 3.98. The van der Waals surface area contributed by atoms with Crippen molar-refractivity contribution in [1.29, 1.82) is 0 Å². The molecule has 0 spiro atoms. The van der Waals surface area contributed by atoms with E-state index in [2.05, 4.69) is 4.74 Å². The average molecular weight is 162 g/mol. The SMILES string of the molecule is CCOC(=O)P(=O)(O)O.[LiH]. The van der Waals surface area contributed by atoms with Gasteiger partial charge in [0.25, 0.3) is 0 Å². The quantitative estimate of drug-likeness (QED) is 0.429. The van der Waals surface area contributed by atoms with Crippen molar-refractivity contribution < 1.29 is 23.9 Å². The van der Waals surface area contributed by atoms with Crippen molar-refractivity contribution in [2.45, 2.75) is 6.92 Å². The van der Waals surface area contributed by atoms with Crippen LogP contribution in [0.3, 0.4) is 0 Å². The number of hydrogen-bond acceptors (Lipinski definition) is 3. The molecule has 0 amide bonds. The second-order valence-corrected chi connectivity index (χ2v) is 2.70. The van der Waals surface area contributed by atoms with Crippen LogP contribution in [0.2, 0.25) is 0 Å². The summed E-state index contributed by atoms with van der Waals surface area (Å²) < 4.78 is 13.9. The van der Waals surface area contributed by atoms with Crippen LogP contribution >= 0.6 is 7.60 Å². The van der Waals surface area contributed by atoms with Crippen molar-refractivity contribution >= 4 is 32.2 Å². The minimum atomic E-state index is -4.63. The molecule has 0 aliphatic carbocycles. The van der Waals surface area contributed by atoms with Gasteiger partial charge in [0.1, 0.15) is 0 Å². The Balaban J connectivity index is 0. The van der Waals surface area contributed by atoms with Crippen LogP contribution < -0.4 is 0 Å². The van der Waals surface area contributed by atoms with Crippen molar-refractivity contribution in [1.82, 2.24) is 0 Å². The predicted octanol–water partition coefficient (Wildman–Crippen LogP) is -0.328. The van der Waals surface area contributed by atoms with Crippen molar-refractivity contribution in [3.8, 4) is 0 Å². The van der Waals surface area contributed by atoms with Crippen LogP contribution in [0.25, 0.3) is 0 Å². The van der Waals surface area contributed by atoms with Gasteiger partial charge in [0.2, 0.25) is 0 Å². The van der Waals surface area contributed by atoms with Crippen molar-refractivity contribution in [3.05, 3.63) is 0 Å². The molecule has 2 N–H and O–H groups in total. The van der Waals surface area contributed by atoms with Crippen LogP contribution in [-0.4, -0.2) is 41.0 Å². The van der Waals surface area contributed by atoms with Gasteiger partial charge in [-0.15, -0.1) is 0 Å². The van der Waals surface area contributed by atoms with Gasteiger partial charge in [-0.1, -0.05) is 0 Å². The van der Waals surface area contributed by atoms with Gasteiger partial charge < -0.3 is 14.5 Å². The topological polar surface area (TPSA) is 83.8 Å². The Morgan fingerprint density at radius 1 is 1.60 bits per heavy atom. The molecule has 0 heterocycles. The molecule has 5 nitrogen and oxygen atoms in total. The standard InChI is InChI=1S/C3H7O5P.Li.H/c1-2-8-3(4)9(5,6)7;;/h2H2,1H3,(H2,5,6,7);;. The van der Waals surface area contributed by atoms with Gasteiger partial charge in [0.15, 0.2) is 0 Å². The molecule has 7 heteroatoms. The van der Waals surface area contributed by atoms with Gasteiger partial charge in [-0.05, 0) is 6.92 Å². The monoisotopic (exact) mass is 162 g/mol. The summed E-state index contributed by atoms with van der Waals surface area (Å²) in [5, 5.41) is 0. The zero-order valence-corrected chi connectivity index (χ0v) is 5.67. The van der Waals surface area contributed by atoms with Crippen molar-refractivity contribution in [2.24, 2.45) is 0 Å². The average Bonchev–Trinajstić information content (AvgIpc) is 1.64. The third kappa shape index (κ3) is 5.04. The van der Waals surface area contributed by atoms with Gasteiger partial charge in [-0.25, -0.2) is 9.36 Å². The molecule has 0 aliphatic heterocycles. The van der Waals surface area contributed by atoms with E-state index in [1.165, 1.54) is 6.92 Å². The number of hydrogen-bond donors (Lipinski definition) is 2. The van der Waals surface area contributed by atoms with E-state index in [4.69, 9.17) is 9.79 Å². The fraction of sp³-hybridized carbons (Fsp3) is 0.667. The Morgan fingerprint density at radius 2 is 2.00 bits per heavy atom. The molecular weight excluding hydrogens is 154 g/mol. The maximum atomic E-state index is 10.1. The number of rotatable bonds is 2. The summed E-state index contributed by atoms with van der Waals surface area (Å²) in [7, 11) is -4.63. The van der Waals surface area contributed by atoms with Crippen LogP contribution in [0.1, 0.15) is 6.92 Å². The Bertz CT molecular complexity index is 151. The molecule has 0 saturated heterocycles. The summed E-state index contributed by atoms with van der Waals surface area (Å²) in [6, 6.07) is 0. The fourth-order valence-corrected chi connectivity index (χ4v) is 0.505. The number of carbonyl (C=O) groups is 1. The van der Waals surface area contributed by atoms with Crippen molar-refractivity contribution in [2.75, 3.05) is 6.61 Å². The van der Waals surface area contributed by atoms with Crippen molar-refractivity contribution in [3.63, 3.8) is 0 Å². The normalized spacial score (nSPS) is 9.90. The summed E-state index contributed by atoms with van der Waals surface area (Å²) in [4.78, 5) is 26.2. The van der Waals surface area contributed by atoms with Gasteiger partial charge in [-0.2, -0.15) is 0 Å². The summed E-state index contributed by atoms with van der Waals surface area (Å²) in [5.74, 6) is 0. The van der Waals surface area contributed by atoms with E-state index >= 15 is 0 Å². The van der Waals surface area contributed by atoms with E-state index in [-0.39, 0.29) is 25.5 Å². The molecule has 56 valence electrons. The zero-order valence-electron chi connectivity index (χ0n) is 4.77. The molecule has 0 bridgehead atoms. The summed E-state index contributed by atoms with van der Waals surface area (Å²) in [6.07, 6.45) is 0. The molecule has 0 rings (SSSR count). The molecule has 0 unspecified atom stereocenters. The molecule has 0 aromatic carbocycles. The third-order valence-electron chi connectivity index (χ3n) is 0.506. The van der Waals surface area contributed by atoms with Crippen LogP contribution in [-0.2, 0) is 9.30 Å². The van der Waals surface area contributed by atoms with Gasteiger partial charge in [-0.3, -0.25) is 0 Å². The fourth-order valence-electron chi connectivity index (χ4n) is 0.208. The Labute approximate surface area is 70.1 Å². The van der Waals surface area contributed by atoms with E-state index in [0.29, 0.717) is 0 Å². The first-order valence-corrected chi connectivity index (χ1v) is 3.82. The predicted molar refractivity (Wildman–Crippen MR) is 36.2 cm³/mol. The Hall–Kier alpha value is 0.217.